The van der Waals surface area contributed by atoms with E-state index in [9.17, 15) is 4.79 Å². The van der Waals surface area contributed by atoms with Gasteiger partial charge in [0.15, 0.2) is 0 Å². The number of rotatable bonds is 3. The number of nitriles is 1. The van der Waals surface area contributed by atoms with Gasteiger partial charge in [-0.1, -0.05) is 6.42 Å². The highest BCUT2D eigenvalue weighted by atomic mass is 16.5. The van der Waals surface area contributed by atoms with E-state index >= 15 is 0 Å². The van der Waals surface area contributed by atoms with E-state index in [0.717, 1.165) is 19.7 Å². The van der Waals surface area contributed by atoms with Crippen molar-refractivity contribution in [3.63, 3.8) is 0 Å². The van der Waals surface area contributed by atoms with Gasteiger partial charge in [0.05, 0.1) is 12.7 Å². The van der Waals surface area contributed by atoms with E-state index in [4.69, 9.17) is 10.00 Å². The maximum Gasteiger partial charge on any atom is 0.236 e. The summed E-state index contributed by atoms with van der Waals surface area (Å²) >= 11 is 0. The van der Waals surface area contributed by atoms with Crippen molar-refractivity contribution < 1.29 is 9.53 Å². The Morgan fingerprint density at radius 1 is 1.62 bits per heavy atom. The average Bonchev–Trinajstić information content (AvgIpc) is 2.58. The van der Waals surface area contributed by atoms with Gasteiger partial charge >= 0.3 is 0 Å². The third-order valence-electron chi connectivity index (χ3n) is 4.11. The van der Waals surface area contributed by atoms with Crippen molar-refractivity contribution in [3.05, 3.63) is 0 Å². The SMILES string of the molecule is COCC1CN(C(=O)CC#N)CC12CCC2. The van der Waals surface area contributed by atoms with Gasteiger partial charge in [-0.2, -0.15) is 5.26 Å². The van der Waals surface area contributed by atoms with Gasteiger partial charge in [-0.05, 0) is 18.3 Å². The molecule has 1 aliphatic carbocycles. The molecule has 2 aliphatic rings. The van der Waals surface area contributed by atoms with Gasteiger partial charge < -0.3 is 9.64 Å². The minimum absolute atomic E-state index is 0.00970. The molecule has 0 aromatic heterocycles. The highest BCUT2D eigenvalue weighted by Gasteiger charge is 2.51. The quantitative estimate of drug-likeness (QED) is 0.720. The smallest absolute Gasteiger partial charge is 0.236 e. The zero-order valence-corrected chi connectivity index (χ0v) is 9.74. The van der Waals surface area contributed by atoms with Crippen LogP contribution in [0.3, 0.4) is 0 Å². The number of ether oxygens (including phenoxy) is 1. The highest BCUT2D eigenvalue weighted by molar-refractivity contribution is 5.78. The van der Waals surface area contributed by atoms with Crippen molar-refractivity contribution in [3.8, 4) is 6.07 Å². The monoisotopic (exact) mass is 222 g/mol. The standard InChI is InChI=1S/C12H18N2O2/c1-16-8-10-7-14(11(15)3-6-13)9-12(10)4-2-5-12/h10H,2-5,7-9H2,1H3. The normalized spacial score (nSPS) is 26.5. The van der Waals surface area contributed by atoms with Gasteiger partial charge in [0, 0.05) is 26.1 Å². The van der Waals surface area contributed by atoms with Gasteiger partial charge in [0.2, 0.25) is 5.91 Å². The van der Waals surface area contributed by atoms with Crippen molar-refractivity contribution in [2.75, 3.05) is 26.8 Å². The molecule has 0 N–H and O–H groups in total. The molecule has 1 saturated carbocycles. The number of methoxy groups -OCH3 is 1. The summed E-state index contributed by atoms with van der Waals surface area (Å²) in [4.78, 5) is 13.5. The minimum atomic E-state index is -0.0209. The molecular weight excluding hydrogens is 204 g/mol. The van der Waals surface area contributed by atoms with Gasteiger partial charge in [-0.15, -0.1) is 0 Å². The third kappa shape index (κ3) is 1.80. The topological polar surface area (TPSA) is 53.3 Å². The first-order valence-electron chi connectivity index (χ1n) is 5.85. The zero-order chi connectivity index (χ0) is 11.6. The Balaban J connectivity index is 2.01. The summed E-state index contributed by atoms with van der Waals surface area (Å²) in [7, 11) is 1.71. The second-order valence-electron chi connectivity index (χ2n) is 4.98. The number of hydrogen-bond acceptors (Lipinski definition) is 3. The number of likely N-dealkylation sites (tertiary alicyclic amines) is 1. The molecule has 1 spiro atoms. The van der Waals surface area contributed by atoms with Crippen LogP contribution in [0, 0.1) is 22.7 Å². The van der Waals surface area contributed by atoms with E-state index in [1.165, 1.54) is 19.3 Å². The molecule has 0 radical (unpaired) electrons. The second-order valence-corrected chi connectivity index (χ2v) is 4.98. The lowest BCUT2D eigenvalue weighted by Gasteiger charge is -2.42. The molecule has 2 fully saturated rings. The molecule has 88 valence electrons. The van der Waals surface area contributed by atoms with E-state index in [1.54, 1.807) is 7.11 Å². The molecule has 0 aromatic rings. The fourth-order valence-electron chi connectivity index (χ4n) is 3.03. The first-order chi connectivity index (χ1) is 7.72. The van der Waals surface area contributed by atoms with Crippen LogP contribution in [0.4, 0.5) is 0 Å². The van der Waals surface area contributed by atoms with Gasteiger partial charge in [0.25, 0.3) is 0 Å². The maximum atomic E-state index is 11.7. The predicted octanol–water partition coefficient (Wildman–Crippen LogP) is 1.18. The van der Waals surface area contributed by atoms with Crippen LogP contribution in [0.5, 0.6) is 0 Å². The molecule has 2 rings (SSSR count). The summed E-state index contributed by atoms with van der Waals surface area (Å²) in [6.07, 6.45) is 3.69. The van der Waals surface area contributed by atoms with Crippen LogP contribution in [-0.2, 0) is 9.53 Å². The molecule has 1 aliphatic heterocycles. The Bertz CT molecular complexity index is 317. The largest absolute Gasteiger partial charge is 0.384 e. The molecule has 0 aromatic carbocycles. The van der Waals surface area contributed by atoms with E-state index < -0.39 is 0 Å². The highest BCUT2D eigenvalue weighted by Crippen LogP contribution is 2.51. The number of carbonyl (C=O) groups is 1. The Labute approximate surface area is 96.2 Å². The summed E-state index contributed by atoms with van der Waals surface area (Å²) < 4.78 is 5.24. The first-order valence-corrected chi connectivity index (χ1v) is 5.85. The van der Waals surface area contributed by atoms with Crippen molar-refractivity contribution in [2.24, 2.45) is 11.3 Å². The lowest BCUT2D eigenvalue weighted by Crippen LogP contribution is -2.39. The zero-order valence-electron chi connectivity index (χ0n) is 9.74. The van der Waals surface area contributed by atoms with Crippen molar-refractivity contribution in [1.82, 2.24) is 4.90 Å². The number of carbonyl (C=O) groups excluding carboxylic acids is 1. The fraction of sp³-hybridized carbons (Fsp3) is 0.833. The minimum Gasteiger partial charge on any atom is -0.384 e. The van der Waals surface area contributed by atoms with Crippen LogP contribution >= 0.6 is 0 Å². The van der Waals surface area contributed by atoms with Crippen LogP contribution in [0.1, 0.15) is 25.7 Å². The number of amides is 1. The molecule has 1 unspecified atom stereocenters. The van der Waals surface area contributed by atoms with Crippen LogP contribution in [-0.4, -0.2) is 37.6 Å². The van der Waals surface area contributed by atoms with Crippen molar-refractivity contribution in [1.29, 1.82) is 5.26 Å². The maximum absolute atomic E-state index is 11.7. The summed E-state index contributed by atoms with van der Waals surface area (Å²) in [5.74, 6) is 0.446. The average molecular weight is 222 g/mol. The number of hydrogen-bond donors (Lipinski definition) is 0. The summed E-state index contributed by atoms with van der Waals surface area (Å²) in [5, 5.41) is 8.55. The summed E-state index contributed by atoms with van der Waals surface area (Å²) in [5.41, 5.74) is 0.307. The van der Waals surface area contributed by atoms with Gasteiger partial charge in [-0.3, -0.25) is 4.79 Å². The lowest BCUT2D eigenvalue weighted by molar-refractivity contribution is -0.129. The summed E-state index contributed by atoms with van der Waals surface area (Å²) in [6.45, 7) is 2.34. The van der Waals surface area contributed by atoms with Crippen LogP contribution < -0.4 is 0 Å². The van der Waals surface area contributed by atoms with Crippen LogP contribution in [0.15, 0.2) is 0 Å². The van der Waals surface area contributed by atoms with E-state index in [1.807, 2.05) is 11.0 Å². The van der Waals surface area contributed by atoms with Crippen molar-refractivity contribution in [2.45, 2.75) is 25.7 Å². The number of nitrogens with zero attached hydrogens (tertiary/aromatic N) is 2. The summed E-state index contributed by atoms with van der Waals surface area (Å²) in [6, 6.07) is 1.93. The molecule has 1 saturated heterocycles. The third-order valence-corrected chi connectivity index (χ3v) is 4.11. The Kier molecular flexibility index (Phi) is 3.15. The van der Waals surface area contributed by atoms with Gasteiger partial charge in [0.1, 0.15) is 6.42 Å². The fourth-order valence-corrected chi connectivity index (χ4v) is 3.03. The van der Waals surface area contributed by atoms with Crippen LogP contribution in [0.2, 0.25) is 0 Å². The molecule has 0 bridgehead atoms. The Morgan fingerprint density at radius 2 is 2.38 bits per heavy atom. The predicted molar refractivity (Wildman–Crippen MR) is 58.5 cm³/mol. The molecule has 16 heavy (non-hydrogen) atoms. The van der Waals surface area contributed by atoms with E-state index in [-0.39, 0.29) is 12.3 Å². The van der Waals surface area contributed by atoms with E-state index in [2.05, 4.69) is 0 Å². The van der Waals surface area contributed by atoms with Crippen LogP contribution in [0.25, 0.3) is 0 Å². The Morgan fingerprint density at radius 3 is 2.88 bits per heavy atom. The first kappa shape index (κ1) is 11.4. The Hall–Kier alpha value is -1.08. The second kappa shape index (κ2) is 4.42. The molecular formula is C12H18N2O2. The van der Waals surface area contributed by atoms with Crippen molar-refractivity contribution >= 4 is 5.91 Å². The molecule has 4 heteroatoms. The van der Waals surface area contributed by atoms with Gasteiger partial charge in [-0.25, -0.2) is 0 Å². The molecule has 1 heterocycles. The van der Waals surface area contributed by atoms with E-state index in [0.29, 0.717) is 11.3 Å². The lowest BCUT2D eigenvalue weighted by atomic mass is 9.63. The molecule has 1 amide bonds. The molecule has 4 nitrogen and oxygen atoms in total. The molecule has 1 atom stereocenters.